The van der Waals surface area contributed by atoms with E-state index in [9.17, 15) is 54.3 Å². The Balaban J connectivity index is 1.13. The number of Topliss-reactive ketones (excluding diaryl/α,β-unsaturated/α-hetero) is 1. The van der Waals surface area contributed by atoms with E-state index in [2.05, 4.69) is 5.32 Å². The Morgan fingerprint density at radius 2 is 1.65 bits per heavy atom. The van der Waals surface area contributed by atoms with E-state index >= 15 is 0 Å². The summed E-state index contributed by atoms with van der Waals surface area (Å²) in [4.78, 5) is 79.3. The van der Waals surface area contributed by atoms with Gasteiger partial charge in [0.1, 0.15) is 35.6 Å². The lowest BCUT2D eigenvalue weighted by atomic mass is 9.72. The van der Waals surface area contributed by atoms with Crippen molar-refractivity contribution in [1.29, 1.82) is 0 Å². The number of nitrogens with one attached hydrogen (secondary N) is 1. The van der Waals surface area contributed by atoms with Crippen molar-refractivity contribution in [3.05, 3.63) is 63.7 Å². The Kier molecular flexibility index (Phi) is 10.1. The number of benzene rings is 2. The third-order valence-corrected chi connectivity index (χ3v) is 11.6. The van der Waals surface area contributed by atoms with E-state index in [0.717, 1.165) is 0 Å². The molecular formula is C39H42N2O14. The zero-order chi connectivity index (χ0) is 39.5. The largest absolute Gasteiger partial charge is 0.507 e. The monoisotopic (exact) mass is 762 g/mol. The number of aliphatic hydroxyl groups excluding tert-OH is 2. The number of aliphatic hydroxyl groups is 3. The fourth-order valence-electron chi connectivity index (χ4n) is 8.64. The number of carbonyl (C=O) groups excluding carboxylic acids is 6. The van der Waals surface area contributed by atoms with Crippen LogP contribution in [-0.2, 0) is 35.1 Å². The number of hydrogen-bond donors (Lipinski definition) is 6. The van der Waals surface area contributed by atoms with Gasteiger partial charge in [0.15, 0.2) is 17.9 Å². The number of hydrogen-bond acceptors (Lipinski definition) is 14. The van der Waals surface area contributed by atoms with Crippen molar-refractivity contribution in [1.82, 2.24) is 10.2 Å². The first kappa shape index (κ1) is 38.3. The molecular weight excluding hydrogens is 720 g/mol. The van der Waals surface area contributed by atoms with Crippen molar-refractivity contribution in [2.24, 2.45) is 11.8 Å². The number of ketones is 3. The SMILES string of the molecule is COc1cccc2c1C(=O)c1c(O)c3c(c(O)c1C2=O)C[C@@](O)(C(=O)CO)C[C@@H]3OC1C[C@H](NC(=O)[C@H]2CC[C@H](CN3C(=O)C=CC3=O)CC2)[C@H](O)[C@H](C)O1. The number of nitrogens with zero attached hydrogens (tertiary/aromatic N) is 1. The number of methoxy groups -OCH3 is 1. The minimum Gasteiger partial charge on any atom is -0.507 e. The molecule has 292 valence electrons. The Bertz CT molecular complexity index is 2000. The predicted octanol–water partition coefficient (Wildman–Crippen LogP) is 0.890. The van der Waals surface area contributed by atoms with Gasteiger partial charge in [-0.15, -0.1) is 0 Å². The van der Waals surface area contributed by atoms with Crippen LogP contribution in [-0.4, -0.2) is 116 Å². The summed E-state index contributed by atoms with van der Waals surface area (Å²) in [6.07, 6.45) is -1.42. The molecule has 2 aromatic carbocycles. The van der Waals surface area contributed by atoms with Crippen LogP contribution in [0.3, 0.4) is 0 Å². The number of phenols is 2. The second-order valence-electron chi connectivity index (χ2n) is 14.9. The summed E-state index contributed by atoms with van der Waals surface area (Å²) < 4.78 is 17.5. The molecule has 3 aliphatic carbocycles. The molecule has 2 fully saturated rings. The van der Waals surface area contributed by atoms with E-state index in [1.165, 1.54) is 42.4 Å². The topological polar surface area (TPSA) is 247 Å². The number of fused-ring (bicyclic) bond motifs is 3. The highest BCUT2D eigenvalue weighted by molar-refractivity contribution is 6.31. The van der Waals surface area contributed by atoms with Gasteiger partial charge >= 0.3 is 0 Å². The molecule has 3 amide bonds. The summed E-state index contributed by atoms with van der Waals surface area (Å²) in [6, 6.07) is 3.42. The number of ether oxygens (including phenoxy) is 3. The van der Waals surface area contributed by atoms with Crippen LogP contribution in [0.4, 0.5) is 0 Å². The van der Waals surface area contributed by atoms with E-state index in [1.807, 2.05) is 0 Å². The van der Waals surface area contributed by atoms with Gasteiger partial charge in [0, 0.05) is 60.6 Å². The molecule has 0 aromatic heterocycles. The molecule has 0 bridgehead atoms. The average molecular weight is 763 g/mol. The molecule has 16 heteroatoms. The molecule has 2 aromatic rings. The van der Waals surface area contributed by atoms with Crippen molar-refractivity contribution in [2.75, 3.05) is 20.3 Å². The Morgan fingerprint density at radius 3 is 2.31 bits per heavy atom. The molecule has 6 atom stereocenters. The molecule has 0 spiro atoms. The molecule has 0 radical (unpaired) electrons. The summed E-state index contributed by atoms with van der Waals surface area (Å²) >= 11 is 0. The zero-order valence-electron chi connectivity index (χ0n) is 30.1. The lowest BCUT2D eigenvalue weighted by Crippen LogP contribution is -2.56. The molecule has 16 nitrogen and oxygen atoms in total. The Labute approximate surface area is 314 Å². The highest BCUT2D eigenvalue weighted by Crippen LogP contribution is 2.52. The van der Waals surface area contributed by atoms with Crippen LogP contribution in [0.25, 0.3) is 0 Å². The number of carbonyl (C=O) groups is 6. The molecule has 2 aliphatic heterocycles. The molecule has 6 N–H and O–H groups in total. The van der Waals surface area contributed by atoms with E-state index < -0.39 is 102 Å². The highest BCUT2D eigenvalue weighted by Gasteiger charge is 2.50. The summed E-state index contributed by atoms with van der Waals surface area (Å²) in [5.41, 5.74) is -4.03. The van der Waals surface area contributed by atoms with Gasteiger partial charge in [-0.2, -0.15) is 0 Å². The summed E-state index contributed by atoms with van der Waals surface area (Å²) in [6.45, 7) is 0.751. The summed E-state index contributed by atoms with van der Waals surface area (Å²) in [5, 5.41) is 58.7. The van der Waals surface area contributed by atoms with Gasteiger partial charge in [-0.3, -0.25) is 33.7 Å². The second kappa shape index (κ2) is 14.6. The minimum atomic E-state index is -2.34. The normalized spacial score (nSPS) is 30.1. The van der Waals surface area contributed by atoms with Gasteiger partial charge < -0.3 is 45.1 Å². The average Bonchev–Trinajstić information content (AvgIpc) is 3.48. The number of phenolic OH excluding ortho intramolecular Hbond substituents is 2. The summed E-state index contributed by atoms with van der Waals surface area (Å²) in [7, 11) is 1.31. The van der Waals surface area contributed by atoms with Crippen molar-refractivity contribution >= 4 is 35.1 Å². The van der Waals surface area contributed by atoms with Gasteiger partial charge in [-0.25, -0.2) is 0 Å². The van der Waals surface area contributed by atoms with Gasteiger partial charge in [0.05, 0.1) is 42.0 Å². The number of imide groups is 1. The standard InChI is InChI=1S/C39H42N2O14/c1-17-33(46)22(40-38(51)19-8-6-18(7-9-19)15-41-26(44)10-11-27(41)45)12-28(54-17)55-24-14-39(52,25(43)16-42)13-21-30(24)37(50)32-31(35(21)48)34(47)20-4-3-5-23(53-2)29(20)36(32)49/h3-5,10-11,17-19,22,24,28,33,42,46,48,50,52H,6-9,12-16H2,1-2H3,(H,40,51)/t17-,18-,19-,22-,24-,28?,33+,39-/m0/s1. The van der Waals surface area contributed by atoms with E-state index in [4.69, 9.17) is 14.2 Å². The quantitative estimate of drug-likeness (QED) is 0.131. The van der Waals surface area contributed by atoms with Crippen LogP contribution in [0, 0.1) is 11.8 Å². The molecule has 55 heavy (non-hydrogen) atoms. The molecule has 1 saturated carbocycles. The maximum absolute atomic E-state index is 13.9. The molecule has 5 aliphatic rings. The fourth-order valence-corrected chi connectivity index (χ4v) is 8.64. The molecule has 1 saturated heterocycles. The Hall–Kier alpha value is -5.00. The van der Waals surface area contributed by atoms with Crippen LogP contribution in [0.2, 0.25) is 0 Å². The van der Waals surface area contributed by atoms with E-state index in [-0.39, 0.29) is 64.6 Å². The maximum atomic E-state index is 13.9. The first-order valence-corrected chi connectivity index (χ1v) is 18.2. The van der Waals surface area contributed by atoms with Gasteiger partial charge in [-0.1, -0.05) is 12.1 Å². The van der Waals surface area contributed by atoms with Crippen LogP contribution in [0.15, 0.2) is 30.4 Å². The summed E-state index contributed by atoms with van der Waals surface area (Å²) in [5.74, 6) is -5.44. The lowest BCUT2D eigenvalue weighted by Gasteiger charge is -2.43. The van der Waals surface area contributed by atoms with Crippen LogP contribution in [0.5, 0.6) is 17.2 Å². The third kappa shape index (κ3) is 6.61. The van der Waals surface area contributed by atoms with E-state index in [1.54, 1.807) is 6.92 Å². The van der Waals surface area contributed by atoms with E-state index in [0.29, 0.717) is 25.7 Å². The predicted molar refractivity (Wildman–Crippen MR) is 187 cm³/mol. The fraction of sp³-hybridized carbons (Fsp3) is 0.487. The number of rotatable bonds is 9. The van der Waals surface area contributed by atoms with Crippen molar-refractivity contribution < 1.29 is 68.5 Å². The zero-order valence-corrected chi connectivity index (χ0v) is 30.1. The van der Waals surface area contributed by atoms with Gasteiger partial charge in [0.25, 0.3) is 11.8 Å². The lowest BCUT2D eigenvalue weighted by molar-refractivity contribution is -0.249. The van der Waals surface area contributed by atoms with Gasteiger partial charge in [-0.05, 0) is 44.6 Å². The molecule has 7 rings (SSSR count). The van der Waals surface area contributed by atoms with Crippen molar-refractivity contribution in [3.63, 3.8) is 0 Å². The molecule has 1 unspecified atom stereocenters. The van der Waals surface area contributed by atoms with Crippen LogP contribution < -0.4 is 10.1 Å². The first-order valence-electron chi connectivity index (χ1n) is 18.2. The third-order valence-electron chi connectivity index (χ3n) is 11.6. The molecule has 2 heterocycles. The van der Waals surface area contributed by atoms with Gasteiger partial charge in [0.2, 0.25) is 11.7 Å². The second-order valence-corrected chi connectivity index (χ2v) is 14.9. The van der Waals surface area contributed by atoms with Crippen LogP contribution >= 0.6 is 0 Å². The minimum absolute atomic E-state index is 0.0460. The number of aromatic hydroxyl groups is 2. The van der Waals surface area contributed by atoms with Crippen molar-refractivity contribution in [3.8, 4) is 17.2 Å². The highest BCUT2D eigenvalue weighted by atomic mass is 16.7. The Morgan fingerprint density at radius 1 is 0.982 bits per heavy atom. The van der Waals surface area contributed by atoms with Crippen molar-refractivity contribution in [2.45, 2.75) is 88.1 Å². The number of amides is 3. The maximum Gasteiger partial charge on any atom is 0.253 e. The smallest absolute Gasteiger partial charge is 0.253 e. The van der Waals surface area contributed by atoms with Crippen LogP contribution in [0.1, 0.15) is 94.5 Å². The first-order chi connectivity index (χ1) is 26.2.